The number of nitrogens with one attached hydrogen (secondary N) is 1. The second kappa shape index (κ2) is 7.75. The van der Waals surface area contributed by atoms with Gasteiger partial charge in [-0.25, -0.2) is 0 Å². The van der Waals surface area contributed by atoms with Gasteiger partial charge in [0.05, 0.1) is 30.1 Å². The van der Waals surface area contributed by atoms with E-state index in [9.17, 15) is 0 Å². The lowest BCUT2D eigenvalue weighted by molar-refractivity contribution is 0.609. The summed E-state index contributed by atoms with van der Waals surface area (Å²) in [6.07, 6.45) is 2.45. The molecule has 1 aromatic heterocycles. The lowest BCUT2D eigenvalue weighted by atomic mass is 10.1. The summed E-state index contributed by atoms with van der Waals surface area (Å²) in [6.45, 7) is 8.17. The Morgan fingerprint density at radius 2 is 2.11 bits per heavy atom. The van der Waals surface area contributed by atoms with Gasteiger partial charge in [-0.3, -0.25) is 4.98 Å². The number of nitrogens with zero attached hydrogens (tertiary/aromatic N) is 3. The summed E-state index contributed by atoms with van der Waals surface area (Å²) in [5.41, 5.74) is 2.13. The minimum atomic E-state index is 0.256. The van der Waals surface area contributed by atoms with Crippen LogP contribution in [0.5, 0.6) is 0 Å². The molecule has 0 bridgehead atoms. The quantitative estimate of drug-likeness (QED) is 0.819. The Morgan fingerprint density at radius 3 is 2.58 bits per heavy atom. The largest absolute Gasteiger partial charge is 0.369 e. The van der Waals surface area contributed by atoms with Gasteiger partial charge >= 0.3 is 0 Å². The maximum Gasteiger partial charge on any atom is 0.0640 e. The highest BCUT2D eigenvalue weighted by Gasteiger charge is 2.10. The van der Waals surface area contributed by atoms with E-state index >= 15 is 0 Å². The Kier molecular flexibility index (Phi) is 6.31. The molecule has 0 amide bonds. The van der Waals surface area contributed by atoms with Crippen molar-refractivity contribution in [1.29, 1.82) is 5.26 Å². The predicted octanol–water partition coefficient (Wildman–Crippen LogP) is 2.74. The highest BCUT2D eigenvalue weighted by atomic mass is 15.1. The maximum atomic E-state index is 8.74. The molecule has 0 aliphatic carbocycles. The van der Waals surface area contributed by atoms with E-state index in [1.807, 2.05) is 13.2 Å². The van der Waals surface area contributed by atoms with E-state index < -0.39 is 0 Å². The van der Waals surface area contributed by atoms with Gasteiger partial charge in [-0.1, -0.05) is 13.8 Å². The average molecular weight is 260 g/mol. The van der Waals surface area contributed by atoms with Gasteiger partial charge in [0.25, 0.3) is 0 Å². The third-order valence-corrected chi connectivity index (χ3v) is 3.09. The van der Waals surface area contributed by atoms with Crippen molar-refractivity contribution in [1.82, 2.24) is 10.3 Å². The van der Waals surface area contributed by atoms with Gasteiger partial charge in [0.15, 0.2) is 0 Å². The SMILES string of the molecule is CNC(C)c1ccc(N(CCC#N)CC(C)C)cn1. The van der Waals surface area contributed by atoms with Crippen molar-refractivity contribution in [3.05, 3.63) is 24.0 Å². The summed E-state index contributed by atoms with van der Waals surface area (Å²) < 4.78 is 0. The van der Waals surface area contributed by atoms with Crippen molar-refractivity contribution in [2.45, 2.75) is 33.2 Å². The maximum absolute atomic E-state index is 8.74. The molecule has 1 heterocycles. The van der Waals surface area contributed by atoms with Gasteiger partial charge in [0.2, 0.25) is 0 Å². The molecule has 0 fully saturated rings. The van der Waals surface area contributed by atoms with Crippen LogP contribution in [0.3, 0.4) is 0 Å². The average Bonchev–Trinajstić information content (AvgIpc) is 2.42. The molecule has 1 aromatic rings. The molecule has 0 saturated carbocycles. The molecule has 1 atom stereocenters. The summed E-state index contributed by atoms with van der Waals surface area (Å²) in [5, 5.41) is 11.9. The van der Waals surface area contributed by atoms with Gasteiger partial charge in [-0.2, -0.15) is 5.26 Å². The third kappa shape index (κ3) is 4.88. The monoisotopic (exact) mass is 260 g/mol. The number of nitriles is 1. The molecule has 1 rings (SSSR count). The minimum absolute atomic E-state index is 0.256. The van der Waals surface area contributed by atoms with Gasteiger partial charge in [0.1, 0.15) is 0 Å². The van der Waals surface area contributed by atoms with Crippen molar-refractivity contribution in [2.24, 2.45) is 5.92 Å². The van der Waals surface area contributed by atoms with Crippen LogP contribution in [-0.4, -0.2) is 25.1 Å². The summed E-state index contributed by atoms with van der Waals surface area (Å²) in [6, 6.07) is 6.61. The second-order valence-corrected chi connectivity index (χ2v) is 5.20. The van der Waals surface area contributed by atoms with Crippen LogP contribution in [0.2, 0.25) is 0 Å². The van der Waals surface area contributed by atoms with Crippen molar-refractivity contribution in [3.63, 3.8) is 0 Å². The van der Waals surface area contributed by atoms with Crippen LogP contribution < -0.4 is 10.2 Å². The fourth-order valence-corrected chi connectivity index (χ4v) is 1.94. The highest BCUT2D eigenvalue weighted by Crippen LogP contribution is 2.17. The zero-order valence-corrected chi connectivity index (χ0v) is 12.3. The van der Waals surface area contributed by atoms with Crippen molar-refractivity contribution in [3.8, 4) is 6.07 Å². The molecule has 4 nitrogen and oxygen atoms in total. The van der Waals surface area contributed by atoms with E-state index in [-0.39, 0.29) is 6.04 Å². The molecule has 0 aliphatic rings. The molecular weight excluding hydrogens is 236 g/mol. The molecular formula is C15H24N4. The Bertz CT molecular complexity index is 405. The Balaban J connectivity index is 2.81. The van der Waals surface area contributed by atoms with Crippen LogP contribution >= 0.6 is 0 Å². The Morgan fingerprint density at radius 1 is 1.37 bits per heavy atom. The van der Waals surface area contributed by atoms with E-state index in [4.69, 9.17) is 5.26 Å². The zero-order valence-electron chi connectivity index (χ0n) is 12.3. The van der Waals surface area contributed by atoms with Gasteiger partial charge in [-0.15, -0.1) is 0 Å². The molecule has 1 N–H and O–H groups in total. The van der Waals surface area contributed by atoms with Crippen LogP contribution in [-0.2, 0) is 0 Å². The smallest absolute Gasteiger partial charge is 0.0640 e. The highest BCUT2D eigenvalue weighted by molar-refractivity contribution is 5.45. The number of rotatable bonds is 7. The van der Waals surface area contributed by atoms with Crippen molar-refractivity contribution >= 4 is 5.69 Å². The molecule has 0 saturated heterocycles. The first-order valence-electron chi connectivity index (χ1n) is 6.83. The van der Waals surface area contributed by atoms with Crippen LogP contribution in [0.1, 0.15) is 38.9 Å². The van der Waals surface area contributed by atoms with E-state index in [0.717, 1.165) is 24.5 Å². The third-order valence-electron chi connectivity index (χ3n) is 3.09. The van der Waals surface area contributed by atoms with Gasteiger partial charge in [0, 0.05) is 19.1 Å². The molecule has 0 aromatic carbocycles. The fourth-order valence-electron chi connectivity index (χ4n) is 1.94. The van der Waals surface area contributed by atoms with Crippen LogP contribution in [0.4, 0.5) is 5.69 Å². The number of aromatic nitrogens is 1. The zero-order chi connectivity index (χ0) is 14.3. The van der Waals surface area contributed by atoms with Crippen molar-refractivity contribution in [2.75, 3.05) is 25.0 Å². The number of hydrogen-bond acceptors (Lipinski definition) is 4. The molecule has 0 spiro atoms. The first kappa shape index (κ1) is 15.5. The predicted molar refractivity (Wildman–Crippen MR) is 79.0 cm³/mol. The minimum Gasteiger partial charge on any atom is -0.369 e. The van der Waals surface area contributed by atoms with Gasteiger partial charge in [-0.05, 0) is 32.0 Å². The van der Waals surface area contributed by atoms with Crippen LogP contribution in [0.15, 0.2) is 18.3 Å². The van der Waals surface area contributed by atoms with Crippen molar-refractivity contribution < 1.29 is 0 Å². The van der Waals surface area contributed by atoms with E-state index in [1.54, 1.807) is 0 Å². The lowest BCUT2D eigenvalue weighted by Gasteiger charge is -2.25. The van der Waals surface area contributed by atoms with Gasteiger partial charge < -0.3 is 10.2 Å². The Labute approximate surface area is 116 Å². The standard InChI is InChI=1S/C15H24N4/c1-12(2)11-19(9-5-8-16)14-6-7-15(18-10-14)13(3)17-4/h6-7,10,12-13,17H,5,9,11H2,1-4H3. The summed E-state index contributed by atoms with van der Waals surface area (Å²) in [7, 11) is 1.93. The lowest BCUT2D eigenvalue weighted by Crippen LogP contribution is -2.28. The normalized spacial score (nSPS) is 12.2. The number of hydrogen-bond donors (Lipinski definition) is 1. The second-order valence-electron chi connectivity index (χ2n) is 5.20. The first-order valence-corrected chi connectivity index (χ1v) is 6.83. The molecule has 1 unspecified atom stereocenters. The first-order chi connectivity index (χ1) is 9.08. The molecule has 19 heavy (non-hydrogen) atoms. The summed E-state index contributed by atoms with van der Waals surface area (Å²) in [4.78, 5) is 6.73. The molecule has 0 aliphatic heterocycles. The van der Waals surface area contributed by atoms with Crippen LogP contribution in [0.25, 0.3) is 0 Å². The van der Waals surface area contributed by atoms with E-state index in [0.29, 0.717) is 12.3 Å². The van der Waals surface area contributed by atoms with E-state index in [1.165, 1.54) is 0 Å². The summed E-state index contributed by atoms with van der Waals surface area (Å²) in [5.74, 6) is 0.564. The number of pyridine rings is 1. The van der Waals surface area contributed by atoms with E-state index in [2.05, 4.69) is 54.2 Å². The topological polar surface area (TPSA) is 52.0 Å². The Hall–Kier alpha value is -1.60. The fraction of sp³-hybridized carbons (Fsp3) is 0.600. The molecule has 104 valence electrons. The van der Waals surface area contributed by atoms with Crippen LogP contribution in [0, 0.1) is 17.2 Å². The summed E-state index contributed by atoms with van der Waals surface area (Å²) >= 11 is 0. The molecule has 4 heteroatoms. The molecule has 0 radical (unpaired) electrons. The number of anilines is 1.